The van der Waals surface area contributed by atoms with E-state index >= 15 is 0 Å². The van der Waals surface area contributed by atoms with Crippen molar-refractivity contribution >= 4 is 67.0 Å². The Hall–Kier alpha value is 2.18. The van der Waals surface area contributed by atoms with Crippen molar-refractivity contribution < 1.29 is 29.8 Å². The summed E-state index contributed by atoms with van der Waals surface area (Å²) in [6.45, 7) is -0.147. The third-order valence-corrected chi connectivity index (χ3v) is 6.57. The van der Waals surface area contributed by atoms with Crippen LogP contribution >= 0.6 is 62.6 Å². The largest absolute Gasteiger partial charge is 0.394 e. The van der Waals surface area contributed by atoms with Crippen LogP contribution in [0.25, 0.3) is 0 Å². The molecule has 0 heterocycles. The van der Waals surface area contributed by atoms with Crippen LogP contribution in [-0.4, -0.2) is 70.4 Å². The van der Waals surface area contributed by atoms with E-state index in [1.54, 1.807) is 0 Å². The van der Waals surface area contributed by atoms with E-state index < -0.39 is 31.0 Å². The van der Waals surface area contributed by atoms with Crippen molar-refractivity contribution in [3.05, 3.63) is 0 Å². The highest BCUT2D eigenvalue weighted by Gasteiger charge is 2.32. The van der Waals surface area contributed by atoms with Crippen LogP contribution in [0, 0.1) is 0 Å². The lowest BCUT2D eigenvalue weighted by atomic mass is 10.0. The molecule has 0 aromatic carbocycles. The van der Waals surface area contributed by atoms with E-state index in [1.807, 2.05) is 0 Å². The molecule has 0 bridgehead atoms. The molecule has 12 heteroatoms. The fourth-order valence-electron chi connectivity index (χ4n) is 1.24. The van der Waals surface area contributed by atoms with Crippen LogP contribution in [0.4, 0.5) is 0 Å². The maximum Gasteiger partial charge on any atom is 0.125 e. The minimum atomic E-state index is -1.35. The minimum Gasteiger partial charge on any atom is -0.394 e. The summed E-state index contributed by atoms with van der Waals surface area (Å²) >= 11 is 8.30. The first-order valence-corrected chi connectivity index (χ1v) is 14.3. The third kappa shape index (κ3) is 11.4. The highest BCUT2D eigenvalue weighted by Crippen LogP contribution is 2.25. The average Bonchev–Trinajstić information content (AvgIpc) is 2.46. The summed E-state index contributed by atoms with van der Waals surface area (Å²) in [5, 5.41) is 38.6. The van der Waals surface area contributed by atoms with E-state index in [9.17, 15) is 15.3 Å². The van der Waals surface area contributed by atoms with Gasteiger partial charge in [0.1, 0.15) is 25.9 Å². The van der Waals surface area contributed by atoms with Gasteiger partial charge in [-0.05, 0) is 16.6 Å². The van der Waals surface area contributed by atoms with Gasteiger partial charge in [0.05, 0.1) is 19.3 Å². The molecule has 0 spiro atoms. The highest BCUT2D eigenvalue weighted by atomic mass is 127. The molecule has 0 aliphatic carbocycles. The van der Waals surface area contributed by atoms with Crippen LogP contribution in [0.2, 0.25) is 0 Å². The number of nitrogens with one attached hydrogen (secondary N) is 1. The van der Waals surface area contributed by atoms with Crippen LogP contribution in [0.3, 0.4) is 0 Å². The molecule has 0 aromatic heterocycles. The van der Waals surface area contributed by atoms with Gasteiger partial charge in [0.15, 0.2) is 0 Å². The van der Waals surface area contributed by atoms with Gasteiger partial charge in [-0.25, -0.2) is 0 Å². The van der Waals surface area contributed by atoms with Gasteiger partial charge < -0.3 is 29.8 Å². The van der Waals surface area contributed by atoms with Crippen LogP contribution < -0.4 is 5.48 Å². The minimum absolute atomic E-state index is 0.0250. The number of halogens is 2. The SMILES string of the molecule is OCC(O)[C@H](OP=S(I)I)[C@@H](O)C(O)CNOCCCS. The molecule has 0 aromatic rings. The average molecular weight is 587 g/mol. The second-order valence-corrected chi connectivity index (χ2v) is 21.2. The Morgan fingerprint density at radius 1 is 1.24 bits per heavy atom. The number of rotatable bonds is 12. The topological polar surface area (TPSA) is 111 Å². The Balaban J connectivity index is 4.35. The second kappa shape index (κ2) is 14.5. The maximum absolute atomic E-state index is 10.0. The second-order valence-electron chi connectivity index (χ2n) is 3.92. The van der Waals surface area contributed by atoms with Crippen molar-refractivity contribution in [2.24, 2.45) is 0 Å². The standard InChI is InChI=1S/C9H20I2NO6PS2/c10-21(11)19-18-9(7(15)5-13)8(16)6(14)4-12-17-2-1-3-20/h6-9,12-16,20H,1-5H2/t6?,7?,8-,9-/m0/s1. The lowest BCUT2D eigenvalue weighted by molar-refractivity contribution is -0.106. The zero-order valence-electron chi connectivity index (χ0n) is 11.0. The van der Waals surface area contributed by atoms with Crippen molar-refractivity contribution in [2.45, 2.75) is 30.8 Å². The molecule has 0 saturated heterocycles. The first kappa shape index (κ1) is 23.2. The van der Waals surface area contributed by atoms with Gasteiger partial charge in [-0.1, -0.05) is 0 Å². The molecule has 2 unspecified atom stereocenters. The predicted octanol–water partition coefficient (Wildman–Crippen LogP) is 0.382. The van der Waals surface area contributed by atoms with E-state index in [0.29, 0.717) is 19.9 Å². The molecule has 0 aliphatic heterocycles. The lowest BCUT2D eigenvalue weighted by Crippen LogP contribution is -2.49. The molecule has 7 nitrogen and oxygen atoms in total. The Labute approximate surface area is 157 Å². The Morgan fingerprint density at radius 3 is 2.43 bits per heavy atom. The van der Waals surface area contributed by atoms with E-state index in [4.69, 9.17) is 14.5 Å². The van der Waals surface area contributed by atoms with E-state index in [-0.39, 0.29) is 11.0 Å². The van der Waals surface area contributed by atoms with Crippen molar-refractivity contribution in [2.75, 3.05) is 25.5 Å². The van der Waals surface area contributed by atoms with Crippen molar-refractivity contribution in [3.8, 4) is 0 Å². The summed E-state index contributed by atoms with van der Waals surface area (Å²) in [7, 11) is 0.557. The smallest absolute Gasteiger partial charge is 0.125 e. The number of hydrogen-bond acceptors (Lipinski definition) is 8. The Bertz CT molecular complexity index is 303. The number of aliphatic hydroxyl groups excluding tert-OH is 4. The van der Waals surface area contributed by atoms with Gasteiger partial charge in [0.25, 0.3) is 0 Å². The first-order chi connectivity index (χ1) is 9.93. The van der Waals surface area contributed by atoms with Gasteiger partial charge in [0, 0.05) is 49.0 Å². The normalized spacial score (nSPS) is 17.9. The fourth-order valence-corrected chi connectivity index (χ4v) is 3.96. The predicted molar refractivity (Wildman–Crippen MR) is 105 cm³/mol. The number of aliphatic hydroxyl groups is 4. The fraction of sp³-hybridized carbons (Fsp3) is 1.00. The summed E-state index contributed by atoms with van der Waals surface area (Å²) in [5.41, 5.74) is 2.53. The van der Waals surface area contributed by atoms with Crippen LogP contribution in [0.1, 0.15) is 6.42 Å². The first-order valence-electron chi connectivity index (χ1n) is 5.98. The number of hydroxylamine groups is 1. The molecule has 5 N–H and O–H groups in total. The molecule has 0 radical (unpaired) electrons. The van der Waals surface area contributed by atoms with Gasteiger partial charge in [-0.2, -0.15) is 18.1 Å². The third-order valence-electron chi connectivity index (χ3n) is 2.32. The van der Waals surface area contributed by atoms with Crippen molar-refractivity contribution in [3.63, 3.8) is 0 Å². The van der Waals surface area contributed by atoms with E-state index in [2.05, 4.69) is 60.5 Å². The zero-order valence-corrected chi connectivity index (χ0v) is 17.9. The molecule has 0 aliphatic rings. The Kier molecular flexibility index (Phi) is 16.0. The Morgan fingerprint density at radius 2 is 1.90 bits per heavy atom. The van der Waals surface area contributed by atoms with Gasteiger partial charge in [0.2, 0.25) is 0 Å². The molecule has 0 rings (SSSR count). The summed E-state index contributed by atoms with van der Waals surface area (Å²) in [6, 6.07) is 0. The lowest BCUT2D eigenvalue weighted by Gasteiger charge is -2.28. The number of hydrogen-bond donors (Lipinski definition) is 6. The quantitative estimate of drug-likeness (QED) is 0.0645. The molecular formula is C9H20I2NO6PS2. The van der Waals surface area contributed by atoms with Crippen LogP contribution in [0.15, 0.2) is 0 Å². The number of thiol groups is 1. The van der Waals surface area contributed by atoms with Crippen molar-refractivity contribution in [1.82, 2.24) is 5.48 Å². The molecule has 128 valence electrons. The summed E-state index contributed by atoms with van der Waals surface area (Å²) < 4.78 is 5.22. The molecule has 0 fully saturated rings. The van der Waals surface area contributed by atoms with E-state index in [0.717, 1.165) is 6.42 Å². The summed E-state index contributed by atoms with van der Waals surface area (Å²) in [6.07, 6.45) is -4.14. The van der Waals surface area contributed by atoms with Gasteiger partial charge in [-0.3, -0.25) is 0 Å². The molecule has 0 saturated carbocycles. The van der Waals surface area contributed by atoms with Gasteiger partial charge in [-0.15, -0.1) is 0 Å². The molecule has 21 heavy (non-hydrogen) atoms. The van der Waals surface area contributed by atoms with Crippen LogP contribution in [-0.2, 0) is 13.8 Å². The van der Waals surface area contributed by atoms with E-state index in [1.165, 1.54) is 0 Å². The molecule has 0 amide bonds. The highest BCUT2D eigenvalue weighted by molar-refractivity contribution is 14.3. The molecule has 4 atom stereocenters. The molecular weight excluding hydrogens is 567 g/mol. The monoisotopic (exact) mass is 587 g/mol. The zero-order chi connectivity index (χ0) is 16.3. The van der Waals surface area contributed by atoms with Crippen molar-refractivity contribution in [1.29, 1.82) is 0 Å². The summed E-state index contributed by atoms with van der Waals surface area (Å²) in [4.78, 5) is 5.03. The van der Waals surface area contributed by atoms with Crippen LogP contribution in [0.5, 0.6) is 0 Å². The maximum atomic E-state index is 10.0. The van der Waals surface area contributed by atoms with Gasteiger partial charge >= 0.3 is 0 Å². The summed E-state index contributed by atoms with van der Waals surface area (Å²) in [5.74, 6) is 0.694.